The maximum atomic E-state index is 4.75. The van der Waals surface area contributed by atoms with Crippen molar-refractivity contribution in [2.45, 2.75) is 39.4 Å². The van der Waals surface area contributed by atoms with Crippen molar-refractivity contribution in [3.63, 3.8) is 0 Å². The van der Waals surface area contributed by atoms with Gasteiger partial charge in [0.2, 0.25) is 0 Å². The quantitative estimate of drug-likeness (QED) is 0.227. The lowest BCUT2D eigenvalue weighted by molar-refractivity contribution is 0.331. The zero-order chi connectivity index (χ0) is 21.3. The molecule has 0 aliphatic carbocycles. The van der Waals surface area contributed by atoms with Gasteiger partial charge >= 0.3 is 0 Å². The molecule has 32 heavy (non-hydrogen) atoms. The summed E-state index contributed by atoms with van der Waals surface area (Å²) in [5.41, 5.74) is 4.77. The number of rotatable bonds is 8. The van der Waals surface area contributed by atoms with Crippen molar-refractivity contribution in [1.29, 1.82) is 0 Å². The van der Waals surface area contributed by atoms with E-state index in [1.165, 1.54) is 43.4 Å². The van der Waals surface area contributed by atoms with E-state index < -0.39 is 0 Å². The van der Waals surface area contributed by atoms with E-state index in [1.807, 2.05) is 12.1 Å². The van der Waals surface area contributed by atoms with Crippen LogP contribution >= 0.6 is 24.0 Å². The molecule has 0 unspecified atom stereocenters. The third-order valence-corrected chi connectivity index (χ3v) is 5.47. The van der Waals surface area contributed by atoms with Crippen LogP contribution in [0, 0.1) is 0 Å². The van der Waals surface area contributed by atoms with Crippen LogP contribution in [0.2, 0.25) is 0 Å². The number of nitrogens with zero attached hydrogens (tertiary/aromatic N) is 4. The fraction of sp³-hybridized carbons (Fsp3) is 0.375. The number of aromatic nitrogens is 3. The number of guanidine groups is 1. The molecule has 7 nitrogen and oxygen atoms in total. The van der Waals surface area contributed by atoms with E-state index >= 15 is 0 Å². The minimum Gasteiger partial charge on any atom is -0.357 e. The minimum absolute atomic E-state index is 0. The maximum absolute atomic E-state index is 4.75. The van der Waals surface area contributed by atoms with Crippen LogP contribution in [0.25, 0.3) is 11.4 Å². The summed E-state index contributed by atoms with van der Waals surface area (Å²) in [4.78, 5) is 11.5. The molecule has 170 valence electrons. The molecule has 3 N–H and O–H groups in total. The van der Waals surface area contributed by atoms with E-state index in [0.29, 0.717) is 6.54 Å². The second kappa shape index (κ2) is 12.5. The highest BCUT2D eigenvalue weighted by Gasteiger charge is 2.11. The molecule has 4 rings (SSSR count). The molecule has 1 aliphatic heterocycles. The van der Waals surface area contributed by atoms with Crippen LogP contribution in [-0.2, 0) is 19.6 Å². The Morgan fingerprint density at radius 2 is 1.81 bits per heavy atom. The molecular formula is C24H32IN7. The van der Waals surface area contributed by atoms with E-state index in [9.17, 15) is 0 Å². The summed E-state index contributed by atoms with van der Waals surface area (Å²) >= 11 is 0. The molecule has 0 bridgehead atoms. The van der Waals surface area contributed by atoms with Crippen LogP contribution < -0.4 is 10.6 Å². The summed E-state index contributed by atoms with van der Waals surface area (Å²) in [6.45, 7) is 7.75. The van der Waals surface area contributed by atoms with Gasteiger partial charge in [-0.15, -0.1) is 24.0 Å². The number of hydrogen-bond donors (Lipinski definition) is 3. The average molecular weight is 545 g/mol. The zero-order valence-corrected chi connectivity index (χ0v) is 20.9. The van der Waals surface area contributed by atoms with Gasteiger partial charge in [-0.2, -0.15) is 5.10 Å². The largest absolute Gasteiger partial charge is 0.357 e. The molecular weight excluding hydrogens is 513 g/mol. The first-order chi connectivity index (χ1) is 15.3. The van der Waals surface area contributed by atoms with Crippen LogP contribution in [0.15, 0.2) is 59.9 Å². The van der Waals surface area contributed by atoms with Crippen LogP contribution in [0.3, 0.4) is 0 Å². The highest BCUT2D eigenvalue weighted by Crippen LogP contribution is 2.16. The molecule has 1 fully saturated rings. The lowest BCUT2D eigenvalue weighted by Gasteiger charge is -2.15. The summed E-state index contributed by atoms with van der Waals surface area (Å²) < 4.78 is 0. The van der Waals surface area contributed by atoms with Gasteiger partial charge in [-0.25, -0.2) is 9.98 Å². The first-order valence-electron chi connectivity index (χ1n) is 11.1. The van der Waals surface area contributed by atoms with Crippen molar-refractivity contribution in [3.05, 3.63) is 71.5 Å². The first kappa shape index (κ1) is 24.2. The van der Waals surface area contributed by atoms with Crippen molar-refractivity contribution in [2.24, 2.45) is 4.99 Å². The number of nitrogens with one attached hydrogen (secondary N) is 3. The third kappa shape index (κ3) is 7.03. The Bertz CT molecular complexity index is 964. The third-order valence-electron chi connectivity index (χ3n) is 5.47. The lowest BCUT2D eigenvalue weighted by atomic mass is 10.1. The van der Waals surface area contributed by atoms with Gasteiger partial charge in [-0.1, -0.05) is 42.5 Å². The van der Waals surface area contributed by atoms with Gasteiger partial charge in [0, 0.05) is 25.2 Å². The van der Waals surface area contributed by atoms with Crippen LogP contribution in [0.4, 0.5) is 0 Å². The smallest absolute Gasteiger partial charge is 0.191 e. The van der Waals surface area contributed by atoms with E-state index in [1.54, 1.807) is 0 Å². The first-order valence-corrected chi connectivity index (χ1v) is 11.1. The van der Waals surface area contributed by atoms with Crippen LogP contribution in [0.1, 0.15) is 36.5 Å². The number of hydrogen-bond acceptors (Lipinski definition) is 4. The van der Waals surface area contributed by atoms with Gasteiger partial charge in [0.25, 0.3) is 0 Å². The molecule has 0 spiro atoms. The van der Waals surface area contributed by atoms with Crippen LogP contribution in [0.5, 0.6) is 0 Å². The van der Waals surface area contributed by atoms with E-state index in [-0.39, 0.29) is 24.0 Å². The second-order valence-electron chi connectivity index (χ2n) is 7.88. The molecule has 1 aliphatic rings. The summed E-state index contributed by atoms with van der Waals surface area (Å²) in [6.07, 6.45) is 4.18. The number of halogens is 1. The molecule has 8 heteroatoms. The number of benzene rings is 2. The second-order valence-corrected chi connectivity index (χ2v) is 7.88. The predicted molar refractivity (Wildman–Crippen MR) is 140 cm³/mol. The monoisotopic (exact) mass is 545 g/mol. The van der Waals surface area contributed by atoms with Crippen molar-refractivity contribution < 1.29 is 0 Å². The fourth-order valence-electron chi connectivity index (χ4n) is 3.82. The normalized spacial score (nSPS) is 14.2. The molecule has 0 radical (unpaired) electrons. The van der Waals surface area contributed by atoms with Crippen molar-refractivity contribution in [1.82, 2.24) is 30.7 Å². The number of aliphatic imine (C=N–C) groups is 1. The molecule has 0 saturated carbocycles. The van der Waals surface area contributed by atoms with Crippen LogP contribution in [-0.4, -0.2) is 45.7 Å². The Hall–Kier alpha value is -2.46. The summed E-state index contributed by atoms with van der Waals surface area (Å²) in [7, 11) is 0. The summed E-state index contributed by atoms with van der Waals surface area (Å²) in [5.74, 6) is 1.58. The highest BCUT2D eigenvalue weighted by atomic mass is 127. The molecule has 1 aromatic heterocycles. The number of H-pyrrole nitrogens is 1. The van der Waals surface area contributed by atoms with E-state index in [0.717, 1.165) is 42.5 Å². The summed E-state index contributed by atoms with van der Waals surface area (Å²) in [5, 5.41) is 13.6. The average Bonchev–Trinajstić information content (AvgIpc) is 3.51. The van der Waals surface area contributed by atoms with Crippen molar-refractivity contribution >= 4 is 29.9 Å². The lowest BCUT2D eigenvalue weighted by Crippen LogP contribution is -2.36. The predicted octanol–water partition coefficient (Wildman–Crippen LogP) is 3.94. The standard InChI is InChI=1S/C24H31N7.HI/c1-2-25-24(27-16-21-6-5-7-22(14-21)23-28-18-29-30-23)26-15-19-8-10-20(11-9-19)17-31-12-3-4-13-31;/h5-11,14,18H,2-4,12-13,15-17H2,1H3,(H2,25,26,27)(H,28,29,30);1H. The highest BCUT2D eigenvalue weighted by molar-refractivity contribution is 14.0. The molecule has 0 atom stereocenters. The van der Waals surface area contributed by atoms with Crippen molar-refractivity contribution in [3.8, 4) is 11.4 Å². The maximum Gasteiger partial charge on any atom is 0.191 e. The topological polar surface area (TPSA) is 81.2 Å². The van der Waals surface area contributed by atoms with Crippen molar-refractivity contribution in [2.75, 3.05) is 19.6 Å². The Kier molecular flexibility index (Phi) is 9.48. The molecule has 2 aromatic carbocycles. The summed E-state index contributed by atoms with van der Waals surface area (Å²) in [6, 6.07) is 17.1. The molecule has 0 amide bonds. The molecule has 1 saturated heterocycles. The minimum atomic E-state index is 0. The Balaban J connectivity index is 0.00000289. The zero-order valence-electron chi connectivity index (χ0n) is 18.6. The molecule has 2 heterocycles. The van der Waals surface area contributed by atoms with Gasteiger partial charge < -0.3 is 10.6 Å². The Morgan fingerprint density at radius 3 is 2.53 bits per heavy atom. The van der Waals surface area contributed by atoms with Gasteiger partial charge in [0.05, 0.1) is 6.54 Å². The van der Waals surface area contributed by atoms with Gasteiger partial charge in [0.15, 0.2) is 11.8 Å². The van der Waals surface area contributed by atoms with Gasteiger partial charge in [-0.3, -0.25) is 10.00 Å². The number of likely N-dealkylation sites (tertiary alicyclic amines) is 1. The Morgan fingerprint density at radius 1 is 1.03 bits per heavy atom. The van der Waals surface area contributed by atoms with Gasteiger partial charge in [-0.05, 0) is 55.6 Å². The fourth-order valence-corrected chi connectivity index (χ4v) is 3.82. The SMILES string of the molecule is CCNC(=NCc1cccc(-c2ncn[nH]2)c1)NCc1ccc(CN2CCCC2)cc1.I. The van der Waals surface area contributed by atoms with E-state index in [2.05, 4.69) is 74.0 Å². The van der Waals surface area contributed by atoms with Gasteiger partial charge in [0.1, 0.15) is 6.33 Å². The van der Waals surface area contributed by atoms with E-state index in [4.69, 9.17) is 4.99 Å². The Labute approximate surface area is 207 Å². The molecule has 3 aromatic rings. The number of aromatic amines is 1.